The second-order valence-electron chi connectivity index (χ2n) is 9.94. The predicted octanol–water partition coefficient (Wildman–Crippen LogP) is 5.80. The second kappa shape index (κ2) is 13.9. The number of benzene rings is 3. The third-order valence-corrected chi connectivity index (χ3v) is 8.66. The Bertz CT molecular complexity index is 1950. The number of methoxy groups -OCH3 is 1. The molecule has 3 aromatic carbocycles. The van der Waals surface area contributed by atoms with Crippen molar-refractivity contribution in [2.45, 2.75) is 39.3 Å². The van der Waals surface area contributed by atoms with Gasteiger partial charge >= 0.3 is 5.97 Å². The van der Waals surface area contributed by atoms with Gasteiger partial charge in [-0.15, -0.1) is 0 Å². The first kappa shape index (κ1) is 31.0. The molecule has 0 unspecified atom stereocenters. The highest BCUT2D eigenvalue weighted by atomic mass is 79.9. The van der Waals surface area contributed by atoms with Crippen molar-refractivity contribution >= 4 is 39.3 Å². The molecule has 1 aromatic heterocycles. The van der Waals surface area contributed by atoms with Crippen molar-refractivity contribution in [2.75, 3.05) is 13.7 Å². The van der Waals surface area contributed by atoms with Gasteiger partial charge in [0, 0.05) is 5.56 Å². The Morgan fingerprint density at radius 2 is 1.89 bits per heavy atom. The van der Waals surface area contributed by atoms with E-state index in [1.54, 1.807) is 30.7 Å². The lowest BCUT2D eigenvalue weighted by Gasteiger charge is -2.26. The van der Waals surface area contributed by atoms with E-state index in [1.165, 1.54) is 11.3 Å². The lowest BCUT2D eigenvalue weighted by Crippen LogP contribution is -2.40. The van der Waals surface area contributed by atoms with Crippen LogP contribution in [0.5, 0.6) is 11.5 Å². The van der Waals surface area contributed by atoms with Crippen molar-refractivity contribution in [2.24, 2.45) is 4.99 Å². The Morgan fingerprint density at radius 3 is 2.57 bits per heavy atom. The highest BCUT2D eigenvalue weighted by molar-refractivity contribution is 9.10. The summed E-state index contributed by atoms with van der Waals surface area (Å²) in [5.41, 5.74) is 3.71. The zero-order valence-electron chi connectivity index (χ0n) is 24.5. The molecule has 1 atom stereocenters. The summed E-state index contributed by atoms with van der Waals surface area (Å²) in [6.07, 6.45) is 3.14. The average molecular weight is 673 g/mol. The van der Waals surface area contributed by atoms with Gasteiger partial charge in [-0.1, -0.05) is 61.1 Å². The van der Waals surface area contributed by atoms with E-state index in [-0.39, 0.29) is 12.2 Å². The minimum atomic E-state index is -0.755. The Labute approximate surface area is 267 Å². The van der Waals surface area contributed by atoms with Gasteiger partial charge in [0.15, 0.2) is 4.80 Å². The average Bonchev–Trinajstić information content (AvgIpc) is 3.34. The number of para-hydroxylation sites is 1. The third-order valence-electron chi connectivity index (χ3n) is 7.06. The van der Waals surface area contributed by atoms with E-state index in [0.717, 1.165) is 22.0 Å². The zero-order chi connectivity index (χ0) is 31.2. The zero-order valence-corrected chi connectivity index (χ0v) is 26.9. The van der Waals surface area contributed by atoms with Gasteiger partial charge in [0.25, 0.3) is 5.56 Å². The van der Waals surface area contributed by atoms with Crippen LogP contribution >= 0.6 is 27.3 Å². The van der Waals surface area contributed by atoms with Crippen LogP contribution in [0, 0.1) is 11.3 Å². The van der Waals surface area contributed by atoms with Crippen LogP contribution < -0.4 is 24.4 Å². The van der Waals surface area contributed by atoms with Crippen molar-refractivity contribution in [3.63, 3.8) is 0 Å². The van der Waals surface area contributed by atoms with Gasteiger partial charge in [0.1, 0.15) is 24.1 Å². The summed E-state index contributed by atoms with van der Waals surface area (Å²) in [6.45, 7) is 4.32. The van der Waals surface area contributed by atoms with Gasteiger partial charge in [0.2, 0.25) is 0 Å². The van der Waals surface area contributed by atoms with Crippen LogP contribution in [0.4, 0.5) is 0 Å². The van der Waals surface area contributed by atoms with E-state index < -0.39 is 12.0 Å². The molecular weight excluding hydrogens is 642 g/mol. The second-order valence-corrected chi connectivity index (χ2v) is 11.8. The third kappa shape index (κ3) is 6.39. The van der Waals surface area contributed by atoms with Gasteiger partial charge in [-0.3, -0.25) is 9.36 Å². The number of hydrogen-bond donors (Lipinski definition) is 0. The number of carbonyl (C=O) groups is 1. The van der Waals surface area contributed by atoms with Crippen molar-refractivity contribution < 1.29 is 19.0 Å². The summed E-state index contributed by atoms with van der Waals surface area (Å²) >= 11 is 4.87. The van der Waals surface area contributed by atoms with Crippen molar-refractivity contribution in [1.29, 1.82) is 5.26 Å². The number of ether oxygens (including phenoxy) is 3. The molecule has 224 valence electrons. The van der Waals surface area contributed by atoms with Crippen LogP contribution in [0.1, 0.15) is 55.0 Å². The standard InChI is InChI=1S/C34H30BrN3O5S/c1-4-8-26-30(33(40)42-5-2)31(24-9-6-7-10-27(24)41-3)38-32(39)29(44-34(38)37-26)18-23-15-16-28(25(35)17-23)43-20-22-13-11-21(19-36)12-14-22/h6-7,9-18,31H,4-5,8,20H2,1-3H3/b29-18-/t31-/m0/s1. The smallest absolute Gasteiger partial charge is 0.338 e. The Kier molecular flexibility index (Phi) is 9.78. The fourth-order valence-electron chi connectivity index (χ4n) is 5.02. The van der Waals surface area contributed by atoms with Gasteiger partial charge in [0.05, 0.1) is 45.6 Å². The maximum absolute atomic E-state index is 14.1. The molecular formula is C34H30BrN3O5S. The summed E-state index contributed by atoms with van der Waals surface area (Å²) in [5, 5.41) is 9.00. The molecule has 0 spiro atoms. The van der Waals surface area contributed by atoms with Gasteiger partial charge in [-0.05, 0) is 76.8 Å². The van der Waals surface area contributed by atoms with Crippen LogP contribution in [0.15, 0.2) is 92.3 Å². The number of aromatic nitrogens is 1. The molecule has 5 rings (SSSR count). The Balaban J connectivity index is 1.56. The minimum Gasteiger partial charge on any atom is -0.496 e. The molecule has 44 heavy (non-hydrogen) atoms. The quantitative estimate of drug-likeness (QED) is 0.198. The summed E-state index contributed by atoms with van der Waals surface area (Å²) in [4.78, 5) is 32.8. The molecule has 0 saturated heterocycles. The minimum absolute atomic E-state index is 0.201. The maximum Gasteiger partial charge on any atom is 0.338 e. The van der Waals surface area contributed by atoms with E-state index in [4.69, 9.17) is 24.5 Å². The topological polar surface area (TPSA) is 103 Å². The van der Waals surface area contributed by atoms with Crippen LogP contribution in [0.2, 0.25) is 0 Å². The summed E-state index contributed by atoms with van der Waals surface area (Å²) in [5.74, 6) is 0.713. The van der Waals surface area contributed by atoms with Gasteiger partial charge < -0.3 is 14.2 Å². The normalized spacial score (nSPS) is 14.4. The SMILES string of the molecule is CCCC1=C(C(=O)OCC)[C@H](c2ccccc2OC)n2c(s/c(=C\c3ccc(OCc4ccc(C#N)cc4)c(Br)c3)c2=O)=N1. The molecule has 0 amide bonds. The van der Waals surface area contributed by atoms with Crippen molar-refractivity contribution in [1.82, 2.24) is 4.57 Å². The molecule has 0 N–H and O–H groups in total. The lowest BCUT2D eigenvalue weighted by atomic mass is 9.93. The molecule has 4 aromatic rings. The van der Waals surface area contributed by atoms with Crippen LogP contribution in [0.25, 0.3) is 6.08 Å². The van der Waals surface area contributed by atoms with Crippen LogP contribution in [-0.4, -0.2) is 24.3 Å². The van der Waals surface area contributed by atoms with Crippen molar-refractivity contribution in [3.05, 3.63) is 124 Å². The fourth-order valence-corrected chi connectivity index (χ4v) is 6.55. The Hall–Kier alpha value is -4.46. The van der Waals surface area contributed by atoms with Crippen molar-refractivity contribution in [3.8, 4) is 17.6 Å². The maximum atomic E-state index is 14.1. The monoisotopic (exact) mass is 671 g/mol. The number of nitrogens with zero attached hydrogens (tertiary/aromatic N) is 3. The highest BCUT2D eigenvalue weighted by Crippen LogP contribution is 2.37. The molecule has 10 heteroatoms. The van der Waals surface area contributed by atoms with Gasteiger partial charge in [-0.2, -0.15) is 5.26 Å². The van der Waals surface area contributed by atoms with E-state index in [1.807, 2.05) is 67.6 Å². The number of carbonyl (C=O) groups excluding carboxylic acids is 1. The summed E-state index contributed by atoms with van der Waals surface area (Å²) < 4.78 is 19.9. The number of allylic oxidation sites excluding steroid dienone is 1. The fraction of sp³-hybridized carbons (Fsp3) is 0.235. The number of esters is 1. The van der Waals surface area contributed by atoms with Crippen LogP contribution in [0.3, 0.4) is 0 Å². The molecule has 2 heterocycles. The van der Waals surface area contributed by atoms with E-state index in [9.17, 15) is 9.59 Å². The Morgan fingerprint density at radius 1 is 1.11 bits per heavy atom. The van der Waals surface area contributed by atoms with E-state index >= 15 is 0 Å². The number of nitriles is 1. The largest absolute Gasteiger partial charge is 0.496 e. The molecule has 0 radical (unpaired) electrons. The number of halogens is 1. The number of fused-ring (bicyclic) bond motifs is 1. The first-order chi connectivity index (χ1) is 21.4. The molecule has 8 nitrogen and oxygen atoms in total. The molecule has 1 aliphatic rings. The predicted molar refractivity (Wildman–Crippen MR) is 172 cm³/mol. The van der Waals surface area contributed by atoms with Gasteiger partial charge in [-0.25, -0.2) is 9.79 Å². The van der Waals surface area contributed by atoms with E-state index in [0.29, 0.717) is 56.3 Å². The number of thiazole rings is 1. The molecule has 1 aliphatic heterocycles. The molecule has 0 fully saturated rings. The molecule has 0 saturated carbocycles. The molecule has 0 bridgehead atoms. The first-order valence-corrected chi connectivity index (χ1v) is 15.8. The first-order valence-electron chi connectivity index (χ1n) is 14.1. The highest BCUT2D eigenvalue weighted by Gasteiger charge is 2.35. The molecule has 0 aliphatic carbocycles. The number of hydrogen-bond acceptors (Lipinski definition) is 8. The van der Waals surface area contributed by atoms with Crippen LogP contribution in [-0.2, 0) is 16.1 Å². The van der Waals surface area contributed by atoms with E-state index in [2.05, 4.69) is 22.0 Å². The summed E-state index contributed by atoms with van der Waals surface area (Å²) in [7, 11) is 1.57. The summed E-state index contributed by atoms with van der Waals surface area (Å²) in [6, 6.07) is 21.6. The number of rotatable bonds is 10. The lowest BCUT2D eigenvalue weighted by molar-refractivity contribution is -0.139.